The van der Waals surface area contributed by atoms with E-state index < -0.39 is 0 Å². The van der Waals surface area contributed by atoms with Gasteiger partial charge in [-0.1, -0.05) is 54.2 Å². The van der Waals surface area contributed by atoms with Crippen LogP contribution in [0.3, 0.4) is 0 Å². The van der Waals surface area contributed by atoms with Crippen LogP contribution >= 0.6 is 11.8 Å². The number of nitrogens with one attached hydrogen (secondary N) is 2. The summed E-state index contributed by atoms with van der Waals surface area (Å²) in [5.74, 6) is -0.0676. The molecule has 0 saturated heterocycles. The number of amides is 1. The molecule has 1 amide bonds. The molecule has 22 heavy (non-hydrogen) atoms. The van der Waals surface area contributed by atoms with Gasteiger partial charge in [-0.3, -0.25) is 10.2 Å². The first kappa shape index (κ1) is 14.7. The number of thioether (sulfide) groups is 1. The molecule has 0 saturated carbocycles. The Morgan fingerprint density at radius 3 is 2.45 bits per heavy atom. The Bertz CT molecular complexity index is 712. The number of hydrogen-bond donors (Lipinski definition) is 2. The van der Waals surface area contributed by atoms with Gasteiger partial charge in [0.1, 0.15) is 9.91 Å². The van der Waals surface area contributed by atoms with Crippen LogP contribution in [-0.4, -0.2) is 11.0 Å². The van der Waals surface area contributed by atoms with Crippen LogP contribution < -0.4 is 10.7 Å². The van der Waals surface area contributed by atoms with Crippen molar-refractivity contribution in [1.82, 2.24) is 5.43 Å². The monoisotopic (exact) mass is 311 g/mol. The fourth-order valence-corrected chi connectivity index (χ4v) is 3.38. The SMILES string of the molecule is CC(=O)Nc1ccc([C@@]2(C)NN=C(c3ccccc3)S2)cc1. The Balaban J connectivity index is 1.77. The second kappa shape index (κ2) is 5.85. The molecule has 0 aromatic heterocycles. The fourth-order valence-electron chi connectivity index (χ4n) is 2.30. The second-order valence-electron chi connectivity index (χ2n) is 5.29. The smallest absolute Gasteiger partial charge is 0.221 e. The highest BCUT2D eigenvalue weighted by atomic mass is 32.2. The van der Waals surface area contributed by atoms with E-state index in [0.29, 0.717) is 0 Å². The molecule has 0 fully saturated rings. The fraction of sp³-hybridized carbons (Fsp3) is 0.176. The standard InChI is InChI=1S/C17H17N3OS/c1-12(21)18-15-10-8-14(9-11-15)17(2)20-19-16(22-17)13-6-4-3-5-7-13/h3-11,20H,1-2H3,(H,18,21)/t17-/m0/s1. The predicted molar refractivity (Wildman–Crippen MR) is 91.8 cm³/mol. The first-order valence-electron chi connectivity index (χ1n) is 7.04. The number of hydrazone groups is 1. The van der Waals surface area contributed by atoms with Crippen LogP contribution in [0.2, 0.25) is 0 Å². The van der Waals surface area contributed by atoms with Crippen LogP contribution in [0, 0.1) is 0 Å². The molecule has 2 aromatic carbocycles. The number of anilines is 1. The average Bonchev–Trinajstić information content (AvgIpc) is 2.92. The number of benzene rings is 2. The molecule has 3 rings (SSSR count). The highest BCUT2D eigenvalue weighted by Gasteiger charge is 2.34. The van der Waals surface area contributed by atoms with Crippen molar-refractivity contribution in [2.45, 2.75) is 18.7 Å². The minimum Gasteiger partial charge on any atom is -0.326 e. The van der Waals surface area contributed by atoms with E-state index in [1.165, 1.54) is 6.92 Å². The van der Waals surface area contributed by atoms with Crippen molar-refractivity contribution in [2.75, 3.05) is 5.32 Å². The zero-order valence-electron chi connectivity index (χ0n) is 12.5. The van der Waals surface area contributed by atoms with Crippen molar-refractivity contribution >= 4 is 28.4 Å². The molecule has 0 unspecified atom stereocenters. The molecule has 5 heteroatoms. The minimum atomic E-state index is -0.306. The molecule has 1 atom stereocenters. The zero-order chi connectivity index (χ0) is 15.6. The van der Waals surface area contributed by atoms with E-state index in [2.05, 4.69) is 34.9 Å². The largest absolute Gasteiger partial charge is 0.326 e. The summed E-state index contributed by atoms with van der Waals surface area (Å²) < 4.78 is 0. The average molecular weight is 311 g/mol. The van der Waals surface area contributed by atoms with Gasteiger partial charge in [-0.05, 0) is 24.6 Å². The van der Waals surface area contributed by atoms with Gasteiger partial charge in [-0.2, -0.15) is 5.10 Å². The highest BCUT2D eigenvalue weighted by Crippen LogP contribution is 2.40. The van der Waals surface area contributed by atoms with Gasteiger partial charge in [0.25, 0.3) is 0 Å². The van der Waals surface area contributed by atoms with E-state index in [1.807, 2.05) is 42.5 Å². The van der Waals surface area contributed by atoms with Crippen LogP contribution in [0.4, 0.5) is 5.69 Å². The molecule has 1 aliphatic rings. The summed E-state index contributed by atoms with van der Waals surface area (Å²) in [6.45, 7) is 3.61. The lowest BCUT2D eigenvalue weighted by atomic mass is 10.1. The van der Waals surface area contributed by atoms with E-state index in [9.17, 15) is 4.79 Å². The quantitative estimate of drug-likeness (QED) is 0.912. The first-order valence-corrected chi connectivity index (χ1v) is 7.86. The minimum absolute atomic E-state index is 0.0676. The number of rotatable bonds is 3. The zero-order valence-corrected chi connectivity index (χ0v) is 13.3. The molecule has 2 N–H and O–H groups in total. The number of carbonyl (C=O) groups excluding carboxylic acids is 1. The van der Waals surface area contributed by atoms with E-state index in [1.54, 1.807) is 11.8 Å². The van der Waals surface area contributed by atoms with E-state index in [-0.39, 0.29) is 10.8 Å². The first-order chi connectivity index (χ1) is 10.6. The van der Waals surface area contributed by atoms with Crippen molar-refractivity contribution in [2.24, 2.45) is 5.10 Å². The summed E-state index contributed by atoms with van der Waals surface area (Å²) in [5.41, 5.74) is 6.24. The Hall–Kier alpha value is -2.27. The molecule has 1 heterocycles. The molecule has 0 aliphatic carbocycles. The lowest BCUT2D eigenvalue weighted by Crippen LogP contribution is -2.28. The van der Waals surface area contributed by atoms with Gasteiger partial charge in [0, 0.05) is 18.2 Å². The van der Waals surface area contributed by atoms with Crippen LogP contribution in [0.25, 0.3) is 0 Å². The van der Waals surface area contributed by atoms with Gasteiger partial charge in [0.15, 0.2) is 0 Å². The summed E-state index contributed by atoms with van der Waals surface area (Å²) in [4.78, 5) is 10.8. The number of hydrogen-bond acceptors (Lipinski definition) is 4. The van der Waals surface area contributed by atoms with Gasteiger partial charge in [-0.15, -0.1) is 0 Å². The van der Waals surface area contributed by atoms with Gasteiger partial charge in [-0.25, -0.2) is 0 Å². The van der Waals surface area contributed by atoms with Crippen molar-refractivity contribution in [3.8, 4) is 0 Å². The maximum Gasteiger partial charge on any atom is 0.221 e. The lowest BCUT2D eigenvalue weighted by molar-refractivity contribution is -0.114. The summed E-state index contributed by atoms with van der Waals surface area (Å²) in [7, 11) is 0. The Morgan fingerprint density at radius 1 is 1.14 bits per heavy atom. The van der Waals surface area contributed by atoms with Crippen molar-refractivity contribution in [3.63, 3.8) is 0 Å². The molecule has 1 aliphatic heterocycles. The molecule has 0 bridgehead atoms. The van der Waals surface area contributed by atoms with Gasteiger partial charge >= 0.3 is 0 Å². The third-order valence-electron chi connectivity index (χ3n) is 3.45. The van der Waals surface area contributed by atoms with Crippen LogP contribution in [-0.2, 0) is 9.67 Å². The molecule has 0 spiro atoms. The Morgan fingerprint density at radius 2 is 1.82 bits per heavy atom. The number of nitrogens with zero attached hydrogens (tertiary/aromatic N) is 1. The second-order valence-corrected chi connectivity index (χ2v) is 6.70. The lowest BCUT2D eigenvalue weighted by Gasteiger charge is -2.23. The van der Waals surface area contributed by atoms with Crippen LogP contribution in [0.15, 0.2) is 59.7 Å². The third-order valence-corrected chi connectivity index (χ3v) is 4.70. The normalized spacial score (nSPS) is 20.2. The van der Waals surface area contributed by atoms with Crippen LogP contribution in [0.1, 0.15) is 25.0 Å². The summed E-state index contributed by atoms with van der Waals surface area (Å²) >= 11 is 1.69. The van der Waals surface area contributed by atoms with E-state index in [0.717, 1.165) is 21.9 Å². The molecular weight excluding hydrogens is 294 g/mol. The summed E-state index contributed by atoms with van der Waals surface area (Å²) in [6, 6.07) is 18.0. The van der Waals surface area contributed by atoms with Gasteiger partial charge in [0.2, 0.25) is 5.91 Å². The van der Waals surface area contributed by atoms with E-state index >= 15 is 0 Å². The molecule has 0 radical (unpaired) electrons. The maximum atomic E-state index is 11.1. The topological polar surface area (TPSA) is 53.5 Å². The van der Waals surface area contributed by atoms with Gasteiger partial charge in [0.05, 0.1) is 0 Å². The molecule has 2 aromatic rings. The molecule has 4 nitrogen and oxygen atoms in total. The Labute approximate surface area is 134 Å². The number of carbonyl (C=O) groups is 1. The Kier molecular flexibility index (Phi) is 3.90. The van der Waals surface area contributed by atoms with Gasteiger partial charge < -0.3 is 5.32 Å². The van der Waals surface area contributed by atoms with E-state index in [4.69, 9.17) is 0 Å². The van der Waals surface area contributed by atoms with Crippen LogP contribution in [0.5, 0.6) is 0 Å². The predicted octanol–water partition coefficient (Wildman–Crippen LogP) is 3.52. The molecular formula is C17H17N3OS. The van der Waals surface area contributed by atoms with Crippen molar-refractivity contribution in [1.29, 1.82) is 0 Å². The third kappa shape index (κ3) is 2.99. The molecule has 112 valence electrons. The summed E-state index contributed by atoms with van der Waals surface area (Å²) in [5, 5.41) is 8.22. The van der Waals surface area contributed by atoms with Crippen molar-refractivity contribution in [3.05, 3.63) is 65.7 Å². The highest BCUT2D eigenvalue weighted by molar-refractivity contribution is 8.15. The maximum absolute atomic E-state index is 11.1. The summed E-state index contributed by atoms with van der Waals surface area (Å²) in [6.07, 6.45) is 0. The van der Waals surface area contributed by atoms with Crippen molar-refractivity contribution < 1.29 is 4.79 Å².